The lowest BCUT2D eigenvalue weighted by atomic mass is 9.79. The van der Waals surface area contributed by atoms with E-state index in [1.807, 2.05) is 0 Å². The molecule has 1 aliphatic heterocycles. The fraction of sp³-hybridized carbons (Fsp3) is 0.647. The second kappa shape index (κ2) is 6.06. The highest BCUT2D eigenvalue weighted by Gasteiger charge is 2.32. The normalized spacial score (nSPS) is 33.2. The molecular formula is C17H26N2. The number of rotatable bonds is 2. The van der Waals surface area contributed by atoms with Crippen LogP contribution in [0.4, 0.5) is 0 Å². The van der Waals surface area contributed by atoms with Gasteiger partial charge in [-0.2, -0.15) is 0 Å². The van der Waals surface area contributed by atoms with Gasteiger partial charge < -0.3 is 5.32 Å². The first-order valence-electron chi connectivity index (χ1n) is 7.87. The number of hydrogen-bond acceptors (Lipinski definition) is 2. The number of nitrogens with one attached hydrogen (secondary N) is 1. The maximum absolute atomic E-state index is 3.56. The minimum Gasteiger partial charge on any atom is -0.312 e. The molecule has 3 rings (SSSR count). The standard InChI is InChI=1S/C17H26N2/c1-14-13-19(12-11-18-14)17-10-6-5-9-16(17)15-7-3-2-4-8-15/h2-4,7-8,14,16-18H,5-6,9-13H2,1H3/t14-,16?,17?/m1/s1. The van der Waals surface area contributed by atoms with Crippen LogP contribution >= 0.6 is 0 Å². The van der Waals surface area contributed by atoms with Gasteiger partial charge in [-0.15, -0.1) is 0 Å². The molecule has 1 heterocycles. The van der Waals surface area contributed by atoms with Crippen molar-refractivity contribution in [3.05, 3.63) is 35.9 Å². The summed E-state index contributed by atoms with van der Waals surface area (Å²) in [5.41, 5.74) is 1.55. The first-order valence-corrected chi connectivity index (χ1v) is 7.87. The summed E-state index contributed by atoms with van der Waals surface area (Å²) in [6.07, 6.45) is 5.56. The van der Waals surface area contributed by atoms with Crippen LogP contribution in [-0.4, -0.2) is 36.6 Å². The van der Waals surface area contributed by atoms with Crippen molar-refractivity contribution in [2.75, 3.05) is 19.6 Å². The lowest BCUT2D eigenvalue weighted by Crippen LogP contribution is -2.54. The Morgan fingerprint density at radius 1 is 1.11 bits per heavy atom. The zero-order chi connectivity index (χ0) is 13.1. The van der Waals surface area contributed by atoms with Crippen molar-refractivity contribution in [2.45, 2.75) is 50.6 Å². The summed E-state index contributed by atoms with van der Waals surface area (Å²) in [5, 5.41) is 3.56. The third-order valence-electron chi connectivity index (χ3n) is 4.83. The molecular weight excluding hydrogens is 232 g/mol. The van der Waals surface area contributed by atoms with E-state index in [9.17, 15) is 0 Å². The second-order valence-electron chi connectivity index (χ2n) is 6.22. The van der Waals surface area contributed by atoms with Gasteiger partial charge in [0.1, 0.15) is 0 Å². The van der Waals surface area contributed by atoms with E-state index >= 15 is 0 Å². The summed E-state index contributed by atoms with van der Waals surface area (Å²) >= 11 is 0. The van der Waals surface area contributed by atoms with E-state index in [0.717, 1.165) is 18.5 Å². The molecule has 1 aliphatic carbocycles. The topological polar surface area (TPSA) is 15.3 Å². The summed E-state index contributed by atoms with van der Waals surface area (Å²) in [6.45, 7) is 5.90. The van der Waals surface area contributed by atoms with E-state index in [1.54, 1.807) is 5.56 Å². The number of piperazine rings is 1. The lowest BCUT2D eigenvalue weighted by Gasteiger charge is -2.44. The van der Waals surface area contributed by atoms with Crippen LogP contribution in [0.5, 0.6) is 0 Å². The molecule has 0 spiro atoms. The summed E-state index contributed by atoms with van der Waals surface area (Å²) in [5.74, 6) is 0.750. The van der Waals surface area contributed by atoms with Crippen molar-refractivity contribution < 1.29 is 0 Å². The van der Waals surface area contributed by atoms with Crippen LogP contribution in [0.15, 0.2) is 30.3 Å². The number of hydrogen-bond donors (Lipinski definition) is 1. The maximum atomic E-state index is 3.56. The Labute approximate surface area is 117 Å². The molecule has 1 aromatic carbocycles. The highest BCUT2D eigenvalue weighted by molar-refractivity contribution is 5.22. The highest BCUT2D eigenvalue weighted by Crippen LogP contribution is 2.36. The Hall–Kier alpha value is -0.860. The predicted molar refractivity (Wildman–Crippen MR) is 80.5 cm³/mol. The van der Waals surface area contributed by atoms with E-state index in [1.165, 1.54) is 38.8 Å². The Morgan fingerprint density at radius 2 is 1.89 bits per heavy atom. The van der Waals surface area contributed by atoms with Gasteiger partial charge in [0, 0.05) is 31.7 Å². The van der Waals surface area contributed by atoms with Gasteiger partial charge in [0.05, 0.1) is 0 Å². The van der Waals surface area contributed by atoms with Gasteiger partial charge in [-0.3, -0.25) is 4.90 Å². The summed E-state index contributed by atoms with van der Waals surface area (Å²) in [7, 11) is 0. The zero-order valence-electron chi connectivity index (χ0n) is 12.0. The largest absolute Gasteiger partial charge is 0.312 e. The Bertz CT molecular complexity index is 390. The number of benzene rings is 1. The van der Waals surface area contributed by atoms with Crippen LogP contribution in [0.1, 0.15) is 44.1 Å². The molecule has 0 amide bonds. The minimum atomic E-state index is 0.645. The van der Waals surface area contributed by atoms with E-state index in [-0.39, 0.29) is 0 Å². The van der Waals surface area contributed by atoms with Crippen LogP contribution in [0, 0.1) is 0 Å². The molecule has 3 atom stereocenters. The molecule has 0 radical (unpaired) electrons. The Balaban J connectivity index is 1.77. The molecule has 1 aromatic rings. The zero-order valence-corrected chi connectivity index (χ0v) is 12.0. The van der Waals surface area contributed by atoms with Crippen LogP contribution in [0.2, 0.25) is 0 Å². The third-order valence-corrected chi connectivity index (χ3v) is 4.83. The van der Waals surface area contributed by atoms with Gasteiger partial charge in [-0.1, -0.05) is 43.2 Å². The monoisotopic (exact) mass is 258 g/mol. The average molecular weight is 258 g/mol. The van der Waals surface area contributed by atoms with Crippen molar-refractivity contribution in [1.82, 2.24) is 10.2 Å². The molecule has 1 saturated carbocycles. The first kappa shape index (κ1) is 13.1. The van der Waals surface area contributed by atoms with Gasteiger partial charge in [0.25, 0.3) is 0 Å². The number of nitrogens with zero attached hydrogens (tertiary/aromatic N) is 1. The SMILES string of the molecule is C[C@@H]1CN(C2CCCCC2c2ccccc2)CCN1. The maximum Gasteiger partial charge on any atom is 0.0167 e. The molecule has 1 N–H and O–H groups in total. The van der Waals surface area contributed by atoms with Gasteiger partial charge in [0.15, 0.2) is 0 Å². The first-order chi connectivity index (χ1) is 9.34. The Morgan fingerprint density at radius 3 is 2.68 bits per heavy atom. The lowest BCUT2D eigenvalue weighted by molar-refractivity contribution is 0.103. The van der Waals surface area contributed by atoms with Crippen LogP contribution < -0.4 is 5.32 Å². The van der Waals surface area contributed by atoms with Gasteiger partial charge >= 0.3 is 0 Å². The quantitative estimate of drug-likeness (QED) is 0.877. The van der Waals surface area contributed by atoms with E-state index < -0.39 is 0 Å². The van der Waals surface area contributed by atoms with Crippen molar-refractivity contribution in [2.24, 2.45) is 0 Å². The molecule has 2 fully saturated rings. The molecule has 2 unspecified atom stereocenters. The van der Waals surface area contributed by atoms with Crippen molar-refractivity contribution >= 4 is 0 Å². The molecule has 104 valence electrons. The molecule has 2 aliphatic rings. The van der Waals surface area contributed by atoms with Crippen LogP contribution in [0.3, 0.4) is 0 Å². The summed E-state index contributed by atoms with van der Waals surface area (Å²) in [6, 6.07) is 12.6. The fourth-order valence-corrected chi connectivity index (χ4v) is 3.90. The Kier molecular flexibility index (Phi) is 4.19. The van der Waals surface area contributed by atoms with Crippen molar-refractivity contribution in [3.63, 3.8) is 0 Å². The molecule has 2 nitrogen and oxygen atoms in total. The van der Waals surface area contributed by atoms with Crippen molar-refractivity contribution in [1.29, 1.82) is 0 Å². The van der Waals surface area contributed by atoms with Crippen LogP contribution in [0.25, 0.3) is 0 Å². The van der Waals surface area contributed by atoms with Gasteiger partial charge in [-0.05, 0) is 31.2 Å². The fourth-order valence-electron chi connectivity index (χ4n) is 3.90. The molecule has 2 heteroatoms. The highest BCUT2D eigenvalue weighted by atomic mass is 15.2. The predicted octanol–water partition coefficient (Wildman–Crippen LogP) is 3.01. The minimum absolute atomic E-state index is 0.645. The third kappa shape index (κ3) is 3.01. The van der Waals surface area contributed by atoms with E-state index in [2.05, 4.69) is 47.5 Å². The molecule has 1 saturated heterocycles. The summed E-state index contributed by atoms with van der Waals surface area (Å²) < 4.78 is 0. The second-order valence-corrected chi connectivity index (χ2v) is 6.22. The molecule has 19 heavy (non-hydrogen) atoms. The van der Waals surface area contributed by atoms with E-state index in [0.29, 0.717) is 6.04 Å². The summed E-state index contributed by atoms with van der Waals surface area (Å²) in [4.78, 5) is 2.75. The average Bonchev–Trinajstić information content (AvgIpc) is 2.48. The van der Waals surface area contributed by atoms with Crippen LogP contribution in [-0.2, 0) is 0 Å². The van der Waals surface area contributed by atoms with Crippen molar-refractivity contribution in [3.8, 4) is 0 Å². The van der Waals surface area contributed by atoms with E-state index in [4.69, 9.17) is 0 Å². The molecule has 0 aromatic heterocycles. The smallest absolute Gasteiger partial charge is 0.0167 e. The van der Waals surface area contributed by atoms with Gasteiger partial charge in [0.2, 0.25) is 0 Å². The van der Waals surface area contributed by atoms with Gasteiger partial charge in [-0.25, -0.2) is 0 Å². The molecule has 0 bridgehead atoms.